The van der Waals surface area contributed by atoms with E-state index in [1.807, 2.05) is 0 Å². The van der Waals surface area contributed by atoms with Crippen molar-refractivity contribution >= 4 is 11.8 Å². The van der Waals surface area contributed by atoms with Crippen molar-refractivity contribution in [2.45, 2.75) is 26.2 Å². The number of rotatable bonds is 2. The average molecular weight is 209 g/mol. The average Bonchev–Trinajstić information content (AvgIpc) is 2.65. The molecule has 0 N–H and O–H groups in total. The minimum absolute atomic E-state index is 0.0541. The van der Waals surface area contributed by atoms with Crippen LogP contribution in [0.25, 0.3) is 0 Å². The van der Waals surface area contributed by atoms with Crippen LogP contribution in [-0.2, 0) is 14.3 Å². The third-order valence-electron chi connectivity index (χ3n) is 2.88. The first-order valence-corrected chi connectivity index (χ1v) is 5.42. The van der Waals surface area contributed by atoms with Crippen molar-refractivity contribution < 1.29 is 14.3 Å². The van der Waals surface area contributed by atoms with Gasteiger partial charge in [-0.3, -0.25) is 4.79 Å². The zero-order valence-electron chi connectivity index (χ0n) is 8.91. The van der Waals surface area contributed by atoms with Gasteiger partial charge in [0, 0.05) is 25.2 Å². The number of fused-ring (bicyclic) bond motifs is 1. The maximum Gasteiger partial charge on any atom is 0.343 e. The largest absolute Gasteiger partial charge is 0.462 e. The van der Waals surface area contributed by atoms with Gasteiger partial charge in [-0.15, -0.1) is 0 Å². The second kappa shape index (κ2) is 4.04. The van der Waals surface area contributed by atoms with Gasteiger partial charge < -0.3 is 9.64 Å². The van der Waals surface area contributed by atoms with E-state index in [-0.39, 0.29) is 5.78 Å². The van der Waals surface area contributed by atoms with Crippen molar-refractivity contribution in [3.05, 3.63) is 11.3 Å². The molecule has 0 unspecified atom stereocenters. The Labute approximate surface area is 88.9 Å². The third kappa shape index (κ3) is 1.76. The molecule has 2 aliphatic heterocycles. The Morgan fingerprint density at radius 2 is 2.20 bits per heavy atom. The number of nitrogens with zero attached hydrogens (tertiary/aromatic N) is 1. The minimum Gasteiger partial charge on any atom is -0.462 e. The molecule has 15 heavy (non-hydrogen) atoms. The molecule has 0 bridgehead atoms. The molecule has 0 saturated carbocycles. The Balaban J connectivity index is 2.31. The van der Waals surface area contributed by atoms with Crippen molar-refractivity contribution in [3.63, 3.8) is 0 Å². The van der Waals surface area contributed by atoms with Gasteiger partial charge >= 0.3 is 5.97 Å². The fourth-order valence-corrected chi connectivity index (χ4v) is 2.22. The first-order chi connectivity index (χ1) is 7.24. The Bertz CT molecular complexity index is 333. The van der Waals surface area contributed by atoms with Crippen LogP contribution in [0.15, 0.2) is 11.3 Å². The van der Waals surface area contributed by atoms with E-state index in [1.54, 1.807) is 6.92 Å². The highest BCUT2D eigenvalue weighted by Gasteiger charge is 2.33. The minimum atomic E-state index is -0.441. The van der Waals surface area contributed by atoms with Crippen LogP contribution in [0.4, 0.5) is 0 Å². The highest BCUT2D eigenvalue weighted by molar-refractivity contribution is 6.18. The third-order valence-corrected chi connectivity index (χ3v) is 2.88. The number of carbonyl (C=O) groups excluding carboxylic acids is 2. The molecule has 0 aliphatic carbocycles. The lowest BCUT2D eigenvalue weighted by Crippen LogP contribution is -2.32. The zero-order valence-corrected chi connectivity index (χ0v) is 8.91. The Morgan fingerprint density at radius 1 is 1.40 bits per heavy atom. The zero-order chi connectivity index (χ0) is 10.8. The Morgan fingerprint density at radius 3 is 2.93 bits per heavy atom. The molecule has 4 heteroatoms. The first-order valence-electron chi connectivity index (χ1n) is 5.42. The van der Waals surface area contributed by atoms with Crippen LogP contribution < -0.4 is 0 Å². The van der Waals surface area contributed by atoms with E-state index >= 15 is 0 Å². The molecule has 2 heterocycles. The molecular weight excluding hydrogens is 194 g/mol. The van der Waals surface area contributed by atoms with Gasteiger partial charge in [-0.1, -0.05) is 0 Å². The topological polar surface area (TPSA) is 46.6 Å². The monoisotopic (exact) mass is 209 g/mol. The summed E-state index contributed by atoms with van der Waals surface area (Å²) in [6.45, 7) is 3.80. The quantitative estimate of drug-likeness (QED) is 0.500. The summed E-state index contributed by atoms with van der Waals surface area (Å²) >= 11 is 0. The fourth-order valence-electron chi connectivity index (χ4n) is 2.22. The van der Waals surface area contributed by atoms with E-state index in [9.17, 15) is 9.59 Å². The summed E-state index contributed by atoms with van der Waals surface area (Å²) in [5, 5.41) is 0. The number of ether oxygens (including phenoxy) is 1. The molecule has 82 valence electrons. The summed E-state index contributed by atoms with van der Waals surface area (Å²) < 4.78 is 4.92. The number of hydrogen-bond acceptors (Lipinski definition) is 4. The lowest BCUT2D eigenvalue weighted by Gasteiger charge is -2.26. The molecule has 4 nitrogen and oxygen atoms in total. The Hall–Kier alpha value is -1.32. The molecule has 1 fully saturated rings. The van der Waals surface area contributed by atoms with E-state index in [0.717, 1.165) is 31.6 Å². The van der Waals surface area contributed by atoms with Crippen molar-refractivity contribution in [1.82, 2.24) is 4.90 Å². The molecule has 0 radical (unpaired) electrons. The van der Waals surface area contributed by atoms with E-state index in [2.05, 4.69) is 4.90 Å². The molecule has 0 aromatic carbocycles. The van der Waals surface area contributed by atoms with Gasteiger partial charge in [-0.05, 0) is 19.8 Å². The van der Waals surface area contributed by atoms with Crippen molar-refractivity contribution in [3.8, 4) is 0 Å². The standard InChI is InChI=1S/C11H15NO3/c1-2-15-11(14)10-8-4-3-6-12(8)7-5-9(10)13/h2-7H2,1H3. The number of carbonyl (C=O) groups is 2. The van der Waals surface area contributed by atoms with E-state index < -0.39 is 5.97 Å². The normalized spacial score (nSPS) is 20.6. The molecule has 0 spiro atoms. The Kier molecular flexibility index (Phi) is 2.75. The van der Waals surface area contributed by atoms with Gasteiger partial charge in [0.1, 0.15) is 5.57 Å². The van der Waals surface area contributed by atoms with Gasteiger partial charge in [0.15, 0.2) is 5.78 Å². The van der Waals surface area contributed by atoms with Crippen LogP contribution in [0.1, 0.15) is 26.2 Å². The fraction of sp³-hybridized carbons (Fsp3) is 0.636. The van der Waals surface area contributed by atoms with Gasteiger partial charge in [-0.25, -0.2) is 4.79 Å². The second-order valence-electron chi connectivity index (χ2n) is 3.81. The lowest BCUT2D eigenvalue weighted by atomic mass is 10.0. The first kappa shape index (κ1) is 10.2. The van der Waals surface area contributed by atoms with Crippen LogP contribution in [0.3, 0.4) is 0 Å². The summed E-state index contributed by atoms with van der Waals surface area (Å²) in [7, 11) is 0. The molecule has 0 aromatic heterocycles. The number of allylic oxidation sites excluding steroid dienone is 1. The van der Waals surface area contributed by atoms with E-state index in [0.29, 0.717) is 18.6 Å². The van der Waals surface area contributed by atoms with Crippen LogP contribution >= 0.6 is 0 Å². The van der Waals surface area contributed by atoms with Crippen LogP contribution in [0, 0.1) is 0 Å². The molecule has 2 rings (SSSR count). The molecular formula is C11H15NO3. The summed E-state index contributed by atoms with van der Waals surface area (Å²) in [5.41, 5.74) is 1.21. The van der Waals surface area contributed by atoms with Crippen molar-refractivity contribution in [1.29, 1.82) is 0 Å². The molecule has 0 amide bonds. The second-order valence-corrected chi connectivity index (χ2v) is 3.81. The predicted octanol–water partition coefficient (Wildman–Crippen LogP) is 0.872. The molecule has 2 aliphatic rings. The van der Waals surface area contributed by atoms with Gasteiger partial charge in [0.05, 0.1) is 6.61 Å². The van der Waals surface area contributed by atoms with Crippen molar-refractivity contribution in [2.24, 2.45) is 0 Å². The number of esters is 1. The lowest BCUT2D eigenvalue weighted by molar-refractivity contribution is -0.140. The van der Waals surface area contributed by atoms with Gasteiger partial charge in [0.25, 0.3) is 0 Å². The van der Waals surface area contributed by atoms with Crippen LogP contribution in [0.5, 0.6) is 0 Å². The number of Topliss-reactive ketones (excluding diaryl/α,β-unsaturated/α-hetero) is 1. The van der Waals surface area contributed by atoms with Crippen LogP contribution in [0.2, 0.25) is 0 Å². The highest BCUT2D eigenvalue weighted by Crippen LogP contribution is 2.29. The highest BCUT2D eigenvalue weighted by atomic mass is 16.5. The number of ketones is 1. The van der Waals surface area contributed by atoms with Crippen LogP contribution in [-0.4, -0.2) is 36.3 Å². The van der Waals surface area contributed by atoms with Gasteiger partial charge in [-0.2, -0.15) is 0 Å². The number of hydrogen-bond donors (Lipinski definition) is 0. The smallest absolute Gasteiger partial charge is 0.343 e. The molecule has 0 atom stereocenters. The summed E-state index contributed by atoms with van der Waals surface area (Å²) in [6, 6.07) is 0. The predicted molar refractivity (Wildman–Crippen MR) is 54.1 cm³/mol. The van der Waals surface area contributed by atoms with Crippen molar-refractivity contribution in [2.75, 3.05) is 19.7 Å². The maximum absolute atomic E-state index is 11.7. The molecule has 0 aromatic rings. The molecule has 1 saturated heterocycles. The van der Waals surface area contributed by atoms with E-state index in [1.165, 1.54) is 0 Å². The van der Waals surface area contributed by atoms with Gasteiger partial charge in [0.2, 0.25) is 0 Å². The summed E-state index contributed by atoms with van der Waals surface area (Å²) in [4.78, 5) is 25.4. The maximum atomic E-state index is 11.7. The SMILES string of the molecule is CCOC(=O)C1=C2CCCN2CCC1=O. The summed E-state index contributed by atoms with van der Waals surface area (Å²) in [6.07, 6.45) is 2.31. The van der Waals surface area contributed by atoms with E-state index in [4.69, 9.17) is 4.74 Å². The summed E-state index contributed by atoms with van der Waals surface area (Å²) in [5.74, 6) is -0.495.